The predicted molar refractivity (Wildman–Crippen MR) is 46.9 cm³/mol. The number of rotatable bonds is 3. The Morgan fingerprint density at radius 3 is 2.62 bits per heavy atom. The maximum absolute atomic E-state index is 11.9. The number of nitrogens with zero attached hydrogens (tertiary/aromatic N) is 2. The summed E-state index contributed by atoms with van der Waals surface area (Å²) in [6, 6.07) is 0. The van der Waals surface area contributed by atoms with Gasteiger partial charge in [-0.1, -0.05) is 0 Å². The second-order valence-electron chi connectivity index (χ2n) is 2.74. The molecule has 1 rings (SSSR count). The Bertz CT molecular complexity index is 295. The third-order valence-electron chi connectivity index (χ3n) is 1.69. The highest BCUT2D eigenvalue weighted by Gasteiger charge is 2.10. The van der Waals surface area contributed by atoms with Crippen LogP contribution in [0.5, 0.6) is 0 Å². The first-order valence-corrected chi connectivity index (χ1v) is 3.83. The van der Waals surface area contributed by atoms with Gasteiger partial charge in [0, 0.05) is 7.05 Å². The molecule has 1 heterocycles. The van der Waals surface area contributed by atoms with Gasteiger partial charge in [-0.25, -0.2) is 8.78 Å². The summed E-state index contributed by atoms with van der Waals surface area (Å²) in [6.45, 7) is 1.31. The molecule has 6 heteroatoms. The summed E-state index contributed by atoms with van der Waals surface area (Å²) in [4.78, 5) is 0. The number of hydrogen-bond acceptors (Lipinski definition) is 3. The Kier molecular flexibility index (Phi) is 2.69. The van der Waals surface area contributed by atoms with Gasteiger partial charge in [0.15, 0.2) is 0 Å². The van der Waals surface area contributed by atoms with Crippen molar-refractivity contribution < 1.29 is 8.78 Å². The zero-order chi connectivity index (χ0) is 10.0. The Hall–Kier alpha value is -1.33. The number of nitrogens with one attached hydrogen (secondary N) is 1. The third-order valence-corrected chi connectivity index (χ3v) is 1.69. The van der Waals surface area contributed by atoms with Gasteiger partial charge in [-0.3, -0.25) is 4.68 Å². The third kappa shape index (κ3) is 2.07. The van der Waals surface area contributed by atoms with Crippen LogP contribution < -0.4 is 11.1 Å². The van der Waals surface area contributed by atoms with E-state index >= 15 is 0 Å². The van der Waals surface area contributed by atoms with E-state index in [0.29, 0.717) is 17.2 Å². The van der Waals surface area contributed by atoms with E-state index in [-0.39, 0.29) is 0 Å². The van der Waals surface area contributed by atoms with Crippen LogP contribution in [0, 0.1) is 6.92 Å². The molecule has 0 radical (unpaired) electrons. The van der Waals surface area contributed by atoms with E-state index in [4.69, 9.17) is 5.73 Å². The minimum absolute atomic E-state index is 0.414. The molecule has 1 aromatic heterocycles. The molecule has 0 saturated heterocycles. The Balaban J connectivity index is 2.76. The summed E-state index contributed by atoms with van der Waals surface area (Å²) >= 11 is 0. The van der Waals surface area contributed by atoms with Gasteiger partial charge in [0.05, 0.1) is 17.9 Å². The van der Waals surface area contributed by atoms with Crippen molar-refractivity contribution in [2.24, 2.45) is 7.05 Å². The van der Waals surface area contributed by atoms with Crippen molar-refractivity contribution in [1.82, 2.24) is 9.78 Å². The number of halogens is 2. The second kappa shape index (κ2) is 3.59. The van der Waals surface area contributed by atoms with Crippen molar-refractivity contribution in [3.63, 3.8) is 0 Å². The number of alkyl halides is 2. The average molecular weight is 190 g/mol. The van der Waals surface area contributed by atoms with Crippen LogP contribution >= 0.6 is 0 Å². The summed E-state index contributed by atoms with van der Waals surface area (Å²) in [5.74, 6) is 0.442. The van der Waals surface area contributed by atoms with E-state index in [2.05, 4.69) is 10.4 Å². The fourth-order valence-corrected chi connectivity index (χ4v) is 1.06. The van der Waals surface area contributed by atoms with Crippen LogP contribution in [0.4, 0.5) is 20.3 Å². The second-order valence-corrected chi connectivity index (χ2v) is 2.74. The number of nitrogen functional groups attached to an aromatic ring is 1. The van der Waals surface area contributed by atoms with E-state index in [9.17, 15) is 8.78 Å². The zero-order valence-electron chi connectivity index (χ0n) is 7.51. The Morgan fingerprint density at radius 1 is 1.62 bits per heavy atom. The topological polar surface area (TPSA) is 55.9 Å². The minimum Gasteiger partial charge on any atom is -0.394 e. The quantitative estimate of drug-likeness (QED) is 0.747. The molecule has 0 amide bonds. The van der Waals surface area contributed by atoms with Crippen LogP contribution in [0.2, 0.25) is 0 Å². The average Bonchev–Trinajstić information content (AvgIpc) is 2.24. The molecular weight excluding hydrogens is 178 g/mol. The van der Waals surface area contributed by atoms with Crippen LogP contribution in [0.1, 0.15) is 5.69 Å². The summed E-state index contributed by atoms with van der Waals surface area (Å²) in [7, 11) is 1.65. The number of anilines is 2. The maximum atomic E-state index is 11.9. The van der Waals surface area contributed by atoms with E-state index in [0.717, 1.165) is 0 Å². The standard InChI is InChI=1S/C7H12F2N4/c1-4-6(10)7(13(2)12-4)11-3-5(8)9/h5,11H,3,10H2,1-2H3. The molecule has 74 valence electrons. The molecule has 4 nitrogen and oxygen atoms in total. The SMILES string of the molecule is Cc1nn(C)c(NCC(F)F)c1N. The summed E-state index contributed by atoms with van der Waals surface area (Å²) in [6.07, 6.45) is -2.39. The van der Waals surface area contributed by atoms with E-state index in [1.54, 1.807) is 14.0 Å². The summed E-state index contributed by atoms with van der Waals surface area (Å²) in [5.41, 5.74) is 6.66. The predicted octanol–water partition coefficient (Wildman–Crippen LogP) is 0.988. The molecular formula is C7H12F2N4. The maximum Gasteiger partial charge on any atom is 0.255 e. The van der Waals surface area contributed by atoms with Gasteiger partial charge in [0.2, 0.25) is 0 Å². The van der Waals surface area contributed by atoms with E-state index in [1.165, 1.54) is 4.68 Å². The highest BCUT2D eigenvalue weighted by atomic mass is 19.3. The number of nitrogens with two attached hydrogens (primary N) is 1. The molecule has 0 fully saturated rings. The molecule has 3 N–H and O–H groups in total. The lowest BCUT2D eigenvalue weighted by Gasteiger charge is -2.06. The van der Waals surface area contributed by atoms with Gasteiger partial charge in [0.1, 0.15) is 5.82 Å². The van der Waals surface area contributed by atoms with Crippen LogP contribution in [-0.4, -0.2) is 22.8 Å². The van der Waals surface area contributed by atoms with Crippen molar-refractivity contribution in [1.29, 1.82) is 0 Å². The van der Waals surface area contributed by atoms with E-state index in [1.807, 2.05) is 0 Å². The lowest BCUT2D eigenvalue weighted by molar-refractivity contribution is 0.163. The largest absolute Gasteiger partial charge is 0.394 e. The summed E-state index contributed by atoms with van der Waals surface area (Å²) in [5, 5.41) is 6.50. The van der Waals surface area contributed by atoms with Crippen LogP contribution in [0.25, 0.3) is 0 Å². The van der Waals surface area contributed by atoms with Crippen molar-refractivity contribution in [2.75, 3.05) is 17.6 Å². The number of hydrogen-bond donors (Lipinski definition) is 2. The fraction of sp³-hybridized carbons (Fsp3) is 0.571. The first kappa shape index (κ1) is 9.76. The van der Waals surface area contributed by atoms with E-state index < -0.39 is 13.0 Å². The highest BCUT2D eigenvalue weighted by molar-refractivity contribution is 5.64. The van der Waals surface area contributed by atoms with Gasteiger partial charge in [-0.2, -0.15) is 5.10 Å². The van der Waals surface area contributed by atoms with Crippen molar-refractivity contribution >= 4 is 11.5 Å². The monoisotopic (exact) mass is 190 g/mol. The molecule has 0 atom stereocenters. The van der Waals surface area contributed by atoms with Crippen molar-refractivity contribution in [3.05, 3.63) is 5.69 Å². The number of aromatic nitrogens is 2. The molecule has 0 aliphatic heterocycles. The molecule has 0 saturated carbocycles. The Morgan fingerprint density at radius 2 is 2.23 bits per heavy atom. The smallest absolute Gasteiger partial charge is 0.255 e. The van der Waals surface area contributed by atoms with Gasteiger partial charge in [-0.05, 0) is 6.92 Å². The van der Waals surface area contributed by atoms with Gasteiger partial charge in [0.25, 0.3) is 6.43 Å². The molecule has 1 aromatic rings. The Labute approximate surface area is 74.7 Å². The normalized spacial score (nSPS) is 10.8. The van der Waals surface area contributed by atoms with Gasteiger partial charge < -0.3 is 11.1 Å². The first-order valence-electron chi connectivity index (χ1n) is 3.83. The lowest BCUT2D eigenvalue weighted by atomic mass is 10.4. The summed E-state index contributed by atoms with van der Waals surface area (Å²) < 4.78 is 25.2. The van der Waals surface area contributed by atoms with Crippen LogP contribution in [0.15, 0.2) is 0 Å². The molecule has 0 spiro atoms. The molecule has 13 heavy (non-hydrogen) atoms. The number of aryl methyl sites for hydroxylation is 2. The van der Waals surface area contributed by atoms with Crippen LogP contribution in [-0.2, 0) is 7.05 Å². The van der Waals surface area contributed by atoms with Gasteiger partial charge >= 0.3 is 0 Å². The lowest BCUT2D eigenvalue weighted by Crippen LogP contribution is -2.13. The first-order chi connectivity index (χ1) is 6.02. The van der Waals surface area contributed by atoms with Crippen molar-refractivity contribution in [2.45, 2.75) is 13.3 Å². The van der Waals surface area contributed by atoms with Crippen molar-refractivity contribution in [3.8, 4) is 0 Å². The van der Waals surface area contributed by atoms with Gasteiger partial charge in [-0.15, -0.1) is 0 Å². The molecule has 0 bridgehead atoms. The molecule has 0 aliphatic rings. The zero-order valence-corrected chi connectivity index (χ0v) is 7.51. The molecule has 0 aliphatic carbocycles. The fourth-order valence-electron chi connectivity index (χ4n) is 1.06. The molecule has 0 aromatic carbocycles. The minimum atomic E-state index is -2.39. The molecule has 0 unspecified atom stereocenters. The highest BCUT2D eigenvalue weighted by Crippen LogP contribution is 2.20. The van der Waals surface area contributed by atoms with Crippen LogP contribution in [0.3, 0.4) is 0 Å².